The van der Waals surface area contributed by atoms with Crippen molar-refractivity contribution in [1.82, 2.24) is 4.90 Å². The van der Waals surface area contributed by atoms with Crippen LogP contribution >= 0.6 is 0 Å². The molecule has 0 aromatic heterocycles. The topological polar surface area (TPSA) is 43.7 Å². The molecule has 0 aromatic carbocycles. The van der Waals surface area contributed by atoms with Crippen LogP contribution in [0, 0.1) is 0 Å². The third kappa shape index (κ3) is 2.42. The molecule has 0 bridgehead atoms. The SMILES string of the molecule is CCCC1(O)CN(C(C)C(C)O)C1. The van der Waals surface area contributed by atoms with Gasteiger partial charge >= 0.3 is 0 Å². The summed E-state index contributed by atoms with van der Waals surface area (Å²) < 4.78 is 0. The van der Waals surface area contributed by atoms with Crippen molar-refractivity contribution in [2.75, 3.05) is 13.1 Å². The van der Waals surface area contributed by atoms with E-state index >= 15 is 0 Å². The second-order valence-corrected chi connectivity index (χ2v) is 4.36. The highest BCUT2D eigenvalue weighted by Gasteiger charge is 2.42. The molecule has 1 aliphatic rings. The molecule has 3 nitrogen and oxygen atoms in total. The van der Waals surface area contributed by atoms with E-state index in [-0.39, 0.29) is 12.1 Å². The average molecular weight is 187 g/mol. The van der Waals surface area contributed by atoms with Crippen LogP contribution in [0.5, 0.6) is 0 Å². The molecule has 0 radical (unpaired) electrons. The average Bonchev–Trinajstić information content (AvgIpc) is 1.99. The Labute approximate surface area is 80.4 Å². The van der Waals surface area contributed by atoms with Crippen molar-refractivity contribution in [2.24, 2.45) is 0 Å². The largest absolute Gasteiger partial charge is 0.392 e. The highest BCUT2D eigenvalue weighted by atomic mass is 16.3. The van der Waals surface area contributed by atoms with Gasteiger partial charge in [0.2, 0.25) is 0 Å². The van der Waals surface area contributed by atoms with Crippen LogP contribution in [0.25, 0.3) is 0 Å². The number of aliphatic hydroxyl groups is 2. The van der Waals surface area contributed by atoms with Crippen molar-refractivity contribution in [3.05, 3.63) is 0 Å². The molecule has 0 aromatic rings. The monoisotopic (exact) mass is 187 g/mol. The van der Waals surface area contributed by atoms with Gasteiger partial charge in [-0.2, -0.15) is 0 Å². The Morgan fingerprint density at radius 1 is 1.38 bits per heavy atom. The lowest BCUT2D eigenvalue weighted by Crippen LogP contribution is -2.65. The van der Waals surface area contributed by atoms with E-state index in [1.54, 1.807) is 6.92 Å². The summed E-state index contributed by atoms with van der Waals surface area (Å²) in [5, 5.41) is 19.2. The lowest BCUT2D eigenvalue weighted by atomic mass is 9.87. The summed E-state index contributed by atoms with van der Waals surface area (Å²) in [5.74, 6) is 0. The Balaban J connectivity index is 2.31. The van der Waals surface area contributed by atoms with Crippen molar-refractivity contribution < 1.29 is 10.2 Å². The summed E-state index contributed by atoms with van der Waals surface area (Å²) in [6.45, 7) is 7.30. The molecule has 0 aliphatic carbocycles. The van der Waals surface area contributed by atoms with Gasteiger partial charge in [0.05, 0.1) is 11.7 Å². The van der Waals surface area contributed by atoms with E-state index in [1.165, 1.54) is 0 Å². The van der Waals surface area contributed by atoms with Crippen molar-refractivity contribution >= 4 is 0 Å². The van der Waals surface area contributed by atoms with Gasteiger partial charge in [-0.05, 0) is 20.3 Å². The van der Waals surface area contributed by atoms with Gasteiger partial charge in [0, 0.05) is 19.1 Å². The standard InChI is InChI=1S/C10H21NO2/c1-4-5-10(13)6-11(7-10)8(2)9(3)12/h8-9,12-13H,4-7H2,1-3H3. The smallest absolute Gasteiger partial charge is 0.0900 e. The van der Waals surface area contributed by atoms with E-state index in [4.69, 9.17) is 0 Å². The van der Waals surface area contributed by atoms with Crippen molar-refractivity contribution in [3.8, 4) is 0 Å². The number of hydrogen-bond acceptors (Lipinski definition) is 3. The summed E-state index contributed by atoms with van der Waals surface area (Å²) in [5.41, 5.74) is -0.474. The van der Waals surface area contributed by atoms with Gasteiger partial charge in [-0.1, -0.05) is 13.3 Å². The lowest BCUT2D eigenvalue weighted by Gasteiger charge is -2.50. The van der Waals surface area contributed by atoms with Crippen LogP contribution in [-0.2, 0) is 0 Å². The first-order chi connectivity index (χ1) is 5.98. The maximum Gasteiger partial charge on any atom is 0.0900 e. The minimum Gasteiger partial charge on any atom is -0.392 e. The molecule has 0 amide bonds. The van der Waals surface area contributed by atoms with E-state index in [2.05, 4.69) is 11.8 Å². The van der Waals surface area contributed by atoms with Gasteiger partial charge < -0.3 is 10.2 Å². The second-order valence-electron chi connectivity index (χ2n) is 4.36. The summed E-state index contributed by atoms with van der Waals surface area (Å²) in [6, 6.07) is 0.164. The summed E-state index contributed by atoms with van der Waals surface area (Å²) >= 11 is 0. The first-order valence-electron chi connectivity index (χ1n) is 5.13. The molecule has 13 heavy (non-hydrogen) atoms. The molecule has 1 rings (SSSR count). The molecular weight excluding hydrogens is 166 g/mol. The maximum atomic E-state index is 9.89. The van der Waals surface area contributed by atoms with Gasteiger partial charge in [-0.3, -0.25) is 4.90 Å². The van der Waals surface area contributed by atoms with Crippen molar-refractivity contribution in [2.45, 2.75) is 51.4 Å². The molecule has 3 heteroatoms. The summed E-state index contributed by atoms with van der Waals surface area (Å²) in [6.07, 6.45) is 1.58. The number of nitrogens with zero attached hydrogens (tertiary/aromatic N) is 1. The van der Waals surface area contributed by atoms with Crippen LogP contribution in [0.4, 0.5) is 0 Å². The molecule has 1 fully saturated rings. The Hall–Kier alpha value is -0.120. The third-order valence-electron chi connectivity index (χ3n) is 2.98. The van der Waals surface area contributed by atoms with Crippen LogP contribution in [0.1, 0.15) is 33.6 Å². The minimum absolute atomic E-state index is 0.164. The molecule has 1 heterocycles. The van der Waals surface area contributed by atoms with E-state index in [0.29, 0.717) is 13.1 Å². The van der Waals surface area contributed by atoms with Gasteiger partial charge in [0.1, 0.15) is 0 Å². The fraction of sp³-hybridized carbons (Fsp3) is 1.00. The summed E-state index contributed by atoms with van der Waals surface area (Å²) in [7, 11) is 0. The Kier molecular flexibility index (Phi) is 3.33. The zero-order chi connectivity index (χ0) is 10.1. The Morgan fingerprint density at radius 3 is 2.31 bits per heavy atom. The van der Waals surface area contributed by atoms with E-state index < -0.39 is 5.60 Å². The summed E-state index contributed by atoms with van der Waals surface area (Å²) in [4.78, 5) is 2.13. The minimum atomic E-state index is -0.474. The first-order valence-corrected chi connectivity index (χ1v) is 5.13. The van der Waals surface area contributed by atoms with E-state index in [1.807, 2.05) is 6.92 Å². The quantitative estimate of drug-likeness (QED) is 0.677. The number of aliphatic hydroxyl groups excluding tert-OH is 1. The van der Waals surface area contributed by atoms with Crippen LogP contribution < -0.4 is 0 Å². The molecule has 0 spiro atoms. The second kappa shape index (κ2) is 3.95. The number of hydrogen-bond donors (Lipinski definition) is 2. The molecule has 78 valence electrons. The molecule has 2 unspecified atom stereocenters. The maximum absolute atomic E-state index is 9.89. The first kappa shape index (κ1) is 11.0. The zero-order valence-electron chi connectivity index (χ0n) is 8.82. The normalized spacial score (nSPS) is 26.5. The molecule has 1 saturated heterocycles. The van der Waals surface area contributed by atoms with Gasteiger partial charge in [0.15, 0.2) is 0 Å². The van der Waals surface area contributed by atoms with Crippen molar-refractivity contribution in [3.63, 3.8) is 0 Å². The molecule has 0 saturated carbocycles. The van der Waals surface area contributed by atoms with Crippen LogP contribution in [0.2, 0.25) is 0 Å². The van der Waals surface area contributed by atoms with Gasteiger partial charge in [-0.15, -0.1) is 0 Å². The fourth-order valence-corrected chi connectivity index (χ4v) is 1.93. The predicted octanol–water partition coefficient (Wildman–Crippen LogP) is 0.603. The van der Waals surface area contributed by atoms with Crippen molar-refractivity contribution in [1.29, 1.82) is 0 Å². The molecule has 2 N–H and O–H groups in total. The molecule has 2 atom stereocenters. The van der Waals surface area contributed by atoms with E-state index in [9.17, 15) is 10.2 Å². The fourth-order valence-electron chi connectivity index (χ4n) is 1.93. The number of β-amino-alcohol motifs (C(OH)–C–C–N with tert-alkyl or cyclic N) is 1. The lowest BCUT2D eigenvalue weighted by molar-refractivity contribution is -0.131. The number of rotatable bonds is 4. The zero-order valence-corrected chi connectivity index (χ0v) is 8.82. The highest BCUT2D eigenvalue weighted by molar-refractivity contribution is 4.97. The van der Waals surface area contributed by atoms with Gasteiger partial charge in [-0.25, -0.2) is 0 Å². The Morgan fingerprint density at radius 2 is 1.92 bits per heavy atom. The molecule has 1 aliphatic heterocycles. The van der Waals surface area contributed by atoms with E-state index in [0.717, 1.165) is 12.8 Å². The molecular formula is C10H21NO2. The third-order valence-corrected chi connectivity index (χ3v) is 2.98. The number of likely N-dealkylation sites (tertiary alicyclic amines) is 1. The van der Waals surface area contributed by atoms with Gasteiger partial charge in [0.25, 0.3) is 0 Å². The van der Waals surface area contributed by atoms with Crippen LogP contribution in [0.3, 0.4) is 0 Å². The Bertz CT molecular complexity index is 164. The highest BCUT2D eigenvalue weighted by Crippen LogP contribution is 2.28. The predicted molar refractivity (Wildman–Crippen MR) is 52.6 cm³/mol. The van der Waals surface area contributed by atoms with Crippen LogP contribution in [-0.4, -0.2) is 45.9 Å². The van der Waals surface area contributed by atoms with Crippen LogP contribution in [0.15, 0.2) is 0 Å².